The zero-order valence-electron chi connectivity index (χ0n) is 12.7. The van der Waals surface area contributed by atoms with Crippen LogP contribution in [0.3, 0.4) is 0 Å². The minimum Gasteiger partial charge on any atom is -0.454 e. The number of hydrogen-bond acceptors (Lipinski definition) is 4. The standard InChI is InChI=1S/C16H14BrN3O4/c1-20-8-11(17)7-12(20)16(22)19-18-15(21)5-3-10-2-4-13-14(6-10)24-9-23-13/h2-8H,9H2,1H3,(H,18,21)(H,19,22)/b5-3+. The molecule has 24 heavy (non-hydrogen) atoms. The quantitative estimate of drug-likeness (QED) is 0.619. The van der Waals surface area contributed by atoms with Crippen LogP contribution in [-0.2, 0) is 11.8 Å². The average Bonchev–Trinajstić information content (AvgIpc) is 3.15. The van der Waals surface area contributed by atoms with Crippen molar-refractivity contribution < 1.29 is 19.1 Å². The van der Waals surface area contributed by atoms with Gasteiger partial charge in [0.25, 0.3) is 11.8 Å². The van der Waals surface area contributed by atoms with Crippen molar-refractivity contribution in [1.82, 2.24) is 15.4 Å². The van der Waals surface area contributed by atoms with Gasteiger partial charge in [-0.05, 0) is 45.8 Å². The summed E-state index contributed by atoms with van der Waals surface area (Å²) in [6, 6.07) is 7.00. The molecule has 0 unspecified atom stereocenters. The highest BCUT2D eigenvalue weighted by molar-refractivity contribution is 9.10. The Labute approximate surface area is 146 Å². The van der Waals surface area contributed by atoms with Gasteiger partial charge in [-0.15, -0.1) is 0 Å². The molecule has 0 fully saturated rings. The lowest BCUT2D eigenvalue weighted by atomic mass is 10.2. The van der Waals surface area contributed by atoms with Crippen molar-refractivity contribution in [2.24, 2.45) is 7.05 Å². The third-order valence-corrected chi connectivity index (χ3v) is 3.76. The number of amides is 2. The zero-order chi connectivity index (χ0) is 17.1. The molecule has 0 atom stereocenters. The van der Waals surface area contributed by atoms with Crippen molar-refractivity contribution >= 4 is 33.8 Å². The molecule has 0 aliphatic carbocycles. The van der Waals surface area contributed by atoms with Crippen molar-refractivity contribution in [3.8, 4) is 11.5 Å². The largest absolute Gasteiger partial charge is 0.454 e. The van der Waals surface area contributed by atoms with Crippen LogP contribution in [0.4, 0.5) is 0 Å². The minimum absolute atomic E-state index is 0.199. The second-order valence-corrected chi connectivity index (χ2v) is 5.96. The predicted octanol–water partition coefficient (Wildman–Crippen LogP) is 1.99. The second kappa shape index (κ2) is 6.79. The van der Waals surface area contributed by atoms with E-state index in [0.717, 1.165) is 10.0 Å². The highest BCUT2D eigenvalue weighted by Crippen LogP contribution is 2.32. The van der Waals surface area contributed by atoms with E-state index in [-0.39, 0.29) is 6.79 Å². The van der Waals surface area contributed by atoms with Gasteiger partial charge in [0.1, 0.15) is 5.69 Å². The monoisotopic (exact) mass is 391 g/mol. The number of carbonyl (C=O) groups excluding carboxylic acids is 2. The SMILES string of the molecule is Cn1cc(Br)cc1C(=O)NNC(=O)/C=C/c1ccc2c(c1)OCO2. The van der Waals surface area contributed by atoms with Crippen molar-refractivity contribution in [3.05, 3.63) is 52.3 Å². The van der Waals surface area contributed by atoms with Gasteiger partial charge >= 0.3 is 0 Å². The summed E-state index contributed by atoms with van der Waals surface area (Å²) in [6.07, 6.45) is 4.68. The van der Waals surface area contributed by atoms with E-state index < -0.39 is 11.8 Å². The van der Waals surface area contributed by atoms with Crippen LogP contribution in [0.1, 0.15) is 16.1 Å². The Morgan fingerprint density at radius 1 is 1.21 bits per heavy atom. The van der Waals surface area contributed by atoms with E-state index in [1.807, 2.05) is 0 Å². The van der Waals surface area contributed by atoms with E-state index in [9.17, 15) is 9.59 Å². The molecule has 0 bridgehead atoms. The van der Waals surface area contributed by atoms with Crippen LogP contribution in [0, 0.1) is 0 Å². The topological polar surface area (TPSA) is 81.6 Å². The molecule has 0 saturated heterocycles. The fourth-order valence-corrected chi connectivity index (χ4v) is 2.69. The van der Waals surface area contributed by atoms with Gasteiger partial charge in [0.15, 0.2) is 11.5 Å². The van der Waals surface area contributed by atoms with Gasteiger partial charge < -0.3 is 14.0 Å². The molecule has 1 aromatic carbocycles. The van der Waals surface area contributed by atoms with Crippen LogP contribution in [-0.4, -0.2) is 23.2 Å². The van der Waals surface area contributed by atoms with E-state index in [2.05, 4.69) is 26.8 Å². The van der Waals surface area contributed by atoms with E-state index in [4.69, 9.17) is 9.47 Å². The van der Waals surface area contributed by atoms with E-state index in [0.29, 0.717) is 17.2 Å². The lowest BCUT2D eigenvalue weighted by Gasteiger charge is -2.05. The molecule has 2 N–H and O–H groups in total. The van der Waals surface area contributed by atoms with Gasteiger partial charge in [0.05, 0.1) is 0 Å². The highest BCUT2D eigenvalue weighted by atomic mass is 79.9. The van der Waals surface area contributed by atoms with Crippen molar-refractivity contribution in [2.45, 2.75) is 0 Å². The summed E-state index contributed by atoms with van der Waals surface area (Å²) in [5.74, 6) is 0.458. The van der Waals surface area contributed by atoms with Crippen LogP contribution >= 0.6 is 15.9 Å². The number of rotatable bonds is 3. The third kappa shape index (κ3) is 3.60. The Kier molecular flexibility index (Phi) is 4.57. The van der Waals surface area contributed by atoms with Gasteiger partial charge in [0, 0.05) is 23.8 Å². The number of nitrogens with one attached hydrogen (secondary N) is 2. The lowest BCUT2D eigenvalue weighted by Crippen LogP contribution is -2.41. The molecule has 3 rings (SSSR count). The van der Waals surface area contributed by atoms with Gasteiger partial charge in [-0.1, -0.05) is 6.07 Å². The first-order valence-corrected chi connectivity index (χ1v) is 7.82. The van der Waals surface area contributed by atoms with Crippen molar-refractivity contribution in [2.75, 3.05) is 6.79 Å². The van der Waals surface area contributed by atoms with Crippen LogP contribution < -0.4 is 20.3 Å². The molecule has 0 spiro atoms. The first kappa shape index (κ1) is 16.1. The summed E-state index contributed by atoms with van der Waals surface area (Å²) >= 11 is 3.28. The number of fused-ring (bicyclic) bond motifs is 1. The molecule has 7 nitrogen and oxygen atoms in total. The number of nitrogens with zero attached hydrogens (tertiary/aromatic N) is 1. The van der Waals surface area contributed by atoms with Crippen molar-refractivity contribution in [3.63, 3.8) is 0 Å². The Hall–Kier alpha value is -2.74. The minimum atomic E-state index is -0.450. The number of aryl methyl sites for hydroxylation is 1. The van der Waals surface area contributed by atoms with E-state index >= 15 is 0 Å². The van der Waals surface area contributed by atoms with Gasteiger partial charge in [-0.2, -0.15) is 0 Å². The smallest absolute Gasteiger partial charge is 0.286 e. The molecule has 0 saturated carbocycles. The molecule has 8 heteroatoms. The summed E-state index contributed by atoms with van der Waals surface area (Å²) in [7, 11) is 1.74. The average molecular weight is 392 g/mol. The van der Waals surface area contributed by atoms with Gasteiger partial charge in [0.2, 0.25) is 6.79 Å². The van der Waals surface area contributed by atoms with Gasteiger partial charge in [-0.25, -0.2) is 0 Å². The second-order valence-electron chi connectivity index (χ2n) is 5.04. The number of carbonyl (C=O) groups is 2. The van der Waals surface area contributed by atoms with E-state index in [1.54, 1.807) is 48.2 Å². The molecule has 124 valence electrons. The molecule has 2 aromatic rings. The summed E-state index contributed by atoms with van der Waals surface area (Å²) < 4.78 is 12.9. The number of hydrogen-bond donors (Lipinski definition) is 2. The molecular weight excluding hydrogens is 378 g/mol. The fourth-order valence-electron chi connectivity index (χ4n) is 2.16. The highest BCUT2D eigenvalue weighted by Gasteiger charge is 2.13. The zero-order valence-corrected chi connectivity index (χ0v) is 14.3. The Morgan fingerprint density at radius 3 is 2.75 bits per heavy atom. The van der Waals surface area contributed by atoms with Crippen LogP contribution in [0.15, 0.2) is 41.0 Å². The number of benzene rings is 1. The lowest BCUT2D eigenvalue weighted by molar-refractivity contribution is -0.117. The fraction of sp³-hybridized carbons (Fsp3) is 0.125. The van der Waals surface area contributed by atoms with Crippen LogP contribution in [0.25, 0.3) is 6.08 Å². The van der Waals surface area contributed by atoms with Crippen LogP contribution in [0.5, 0.6) is 11.5 Å². The predicted molar refractivity (Wildman–Crippen MR) is 90.3 cm³/mol. The summed E-state index contributed by atoms with van der Waals surface area (Å²) in [4.78, 5) is 23.8. The molecule has 2 heterocycles. The molecule has 1 aliphatic rings. The Balaban J connectivity index is 1.55. The number of hydrazine groups is 1. The van der Waals surface area contributed by atoms with Gasteiger partial charge in [-0.3, -0.25) is 20.4 Å². The maximum Gasteiger partial charge on any atom is 0.286 e. The molecule has 1 aromatic heterocycles. The normalized spacial score (nSPS) is 12.4. The Morgan fingerprint density at radius 2 is 2.00 bits per heavy atom. The summed E-state index contributed by atoms with van der Waals surface area (Å²) in [5, 5.41) is 0. The van der Waals surface area contributed by atoms with Crippen molar-refractivity contribution in [1.29, 1.82) is 0 Å². The Bertz CT molecular complexity index is 829. The maximum atomic E-state index is 12.0. The van der Waals surface area contributed by atoms with Crippen LogP contribution in [0.2, 0.25) is 0 Å². The number of ether oxygens (including phenoxy) is 2. The first-order valence-electron chi connectivity index (χ1n) is 7.03. The number of halogens is 1. The first-order chi connectivity index (χ1) is 11.5. The molecule has 1 aliphatic heterocycles. The molecule has 0 radical (unpaired) electrons. The molecular formula is C16H14BrN3O4. The molecule has 2 amide bonds. The summed E-state index contributed by atoms with van der Waals surface area (Å²) in [6.45, 7) is 0.199. The summed E-state index contributed by atoms with van der Waals surface area (Å²) in [5.41, 5.74) is 5.89. The third-order valence-electron chi connectivity index (χ3n) is 3.33. The van der Waals surface area contributed by atoms with E-state index in [1.165, 1.54) is 6.08 Å². The number of aromatic nitrogens is 1. The maximum absolute atomic E-state index is 12.0.